The van der Waals surface area contributed by atoms with Crippen LogP contribution in [0.2, 0.25) is 5.02 Å². The van der Waals surface area contributed by atoms with Crippen molar-refractivity contribution in [2.24, 2.45) is 0 Å². The molecule has 2 rings (SSSR count). The third-order valence-electron chi connectivity index (χ3n) is 2.21. The monoisotopic (exact) mass is 336 g/mol. The van der Waals surface area contributed by atoms with Crippen LogP contribution in [0.4, 0.5) is 0 Å². The fourth-order valence-corrected chi connectivity index (χ4v) is 1.56. The van der Waals surface area contributed by atoms with Crippen molar-refractivity contribution in [2.45, 2.75) is 33.0 Å². The number of benzene rings is 1. The van der Waals surface area contributed by atoms with Gasteiger partial charge in [-0.1, -0.05) is 59.9 Å². The van der Waals surface area contributed by atoms with E-state index in [0.717, 1.165) is 10.6 Å². The molecule has 0 N–H and O–H groups in total. The Bertz CT molecular complexity index is 308. The Hall–Kier alpha value is -0.0900. The Morgan fingerprint density at radius 3 is 1.89 bits per heavy atom. The van der Waals surface area contributed by atoms with E-state index in [1.54, 1.807) is 0 Å². The fraction of sp³-hybridized carbons (Fsp3) is 0.571. The topological polar surface area (TPSA) is 18.5 Å². The molecular weight excluding hydrogens is 316 g/mol. The molecule has 1 aliphatic rings. The maximum atomic E-state index is 5.78. The zero-order valence-corrected chi connectivity index (χ0v) is 13.8. The second-order valence-corrected chi connectivity index (χ2v) is 4.29. The molecule has 2 nitrogen and oxygen atoms in total. The summed E-state index contributed by atoms with van der Waals surface area (Å²) in [7, 11) is 0. The van der Waals surface area contributed by atoms with E-state index < -0.39 is 5.79 Å². The first-order chi connectivity index (χ1) is 8.62. The van der Waals surface area contributed by atoms with Gasteiger partial charge in [-0.3, -0.25) is 0 Å². The molecule has 1 heterocycles. The van der Waals surface area contributed by atoms with Crippen molar-refractivity contribution in [3.8, 4) is 0 Å². The maximum Gasteiger partial charge on any atom is 0.192 e. The highest BCUT2D eigenvalue weighted by Gasteiger charge is 2.32. The molecule has 0 unspecified atom stereocenters. The third kappa shape index (κ3) is 5.70. The van der Waals surface area contributed by atoms with Gasteiger partial charge in [0.25, 0.3) is 0 Å². The Morgan fingerprint density at radius 2 is 1.50 bits per heavy atom. The summed E-state index contributed by atoms with van der Waals surface area (Å²) < 4.78 is 11.0. The molecule has 1 aliphatic heterocycles. The predicted octanol–water partition coefficient (Wildman–Crippen LogP) is 4.99. The standard InChI is InChI=1S/C10H11ClO2.C3H8.CH3Br/c1-10(12-6-7-13-10)8-2-4-9(11)5-3-8;1-3-2;1-2/h2-5H,6-7H2,1H3;3H2,1-2H3;1H3. The van der Waals surface area contributed by atoms with Gasteiger partial charge in [0, 0.05) is 10.6 Å². The number of ether oxygens (including phenoxy) is 2. The average molecular weight is 338 g/mol. The Balaban J connectivity index is 0.000000509. The summed E-state index contributed by atoms with van der Waals surface area (Å²) in [6.07, 6.45) is 1.25. The van der Waals surface area contributed by atoms with Gasteiger partial charge in [0.15, 0.2) is 5.79 Å². The van der Waals surface area contributed by atoms with Gasteiger partial charge < -0.3 is 9.47 Å². The molecule has 4 heteroatoms. The van der Waals surface area contributed by atoms with Gasteiger partial charge in [0.2, 0.25) is 0 Å². The third-order valence-corrected chi connectivity index (χ3v) is 2.46. The highest BCUT2D eigenvalue weighted by atomic mass is 79.9. The van der Waals surface area contributed by atoms with Crippen LogP contribution < -0.4 is 0 Å². The van der Waals surface area contributed by atoms with Crippen molar-refractivity contribution >= 4 is 27.5 Å². The van der Waals surface area contributed by atoms with E-state index in [-0.39, 0.29) is 0 Å². The van der Waals surface area contributed by atoms with Crippen LogP contribution in [0.5, 0.6) is 0 Å². The summed E-state index contributed by atoms with van der Waals surface area (Å²) in [4.78, 5) is 0. The van der Waals surface area contributed by atoms with Crippen LogP contribution in [-0.2, 0) is 15.3 Å². The van der Waals surface area contributed by atoms with Gasteiger partial charge in [-0.15, -0.1) is 0 Å². The minimum absolute atomic E-state index is 0.579. The number of alkyl halides is 1. The number of rotatable bonds is 1. The van der Waals surface area contributed by atoms with Crippen LogP contribution in [0.15, 0.2) is 24.3 Å². The maximum absolute atomic E-state index is 5.78. The van der Waals surface area contributed by atoms with E-state index in [0.29, 0.717) is 13.2 Å². The SMILES string of the molecule is CBr.CC1(c2ccc(Cl)cc2)OCCO1.CCC. The van der Waals surface area contributed by atoms with E-state index in [1.807, 2.05) is 37.0 Å². The molecule has 0 atom stereocenters. The minimum atomic E-state index is -0.579. The summed E-state index contributed by atoms with van der Waals surface area (Å²) in [5.74, 6) is 1.23. The fourth-order valence-electron chi connectivity index (χ4n) is 1.43. The van der Waals surface area contributed by atoms with E-state index >= 15 is 0 Å². The zero-order valence-electron chi connectivity index (χ0n) is 11.5. The molecule has 0 aliphatic carbocycles. The summed E-state index contributed by atoms with van der Waals surface area (Å²) in [5, 5.41) is 0.727. The molecule has 0 aromatic heterocycles. The Kier molecular flexibility index (Phi) is 9.74. The highest BCUT2D eigenvalue weighted by molar-refractivity contribution is 9.08. The summed E-state index contributed by atoms with van der Waals surface area (Å²) >= 11 is 8.72. The molecule has 0 radical (unpaired) electrons. The molecule has 0 saturated carbocycles. The van der Waals surface area contributed by atoms with Crippen LogP contribution in [0.3, 0.4) is 0 Å². The first-order valence-corrected chi connectivity index (χ1v) is 8.00. The summed E-state index contributed by atoms with van der Waals surface area (Å²) in [5.41, 5.74) is 1.01. The highest BCUT2D eigenvalue weighted by Crippen LogP contribution is 2.31. The van der Waals surface area contributed by atoms with E-state index in [9.17, 15) is 0 Å². The van der Waals surface area contributed by atoms with E-state index in [1.165, 1.54) is 6.42 Å². The second-order valence-electron chi connectivity index (χ2n) is 3.86. The van der Waals surface area contributed by atoms with E-state index in [4.69, 9.17) is 21.1 Å². The number of halogens is 2. The summed E-state index contributed by atoms with van der Waals surface area (Å²) in [6, 6.07) is 7.53. The molecule has 0 amide bonds. The van der Waals surface area contributed by atoms with Crippen molar-refractivity contribution in [1.29, 1.82) is 0 Å². The second kappa shape index (κ2) is 9.79. The molecule has 1 fully saturated rings. The molecule has 104 valence electrons. The Labute approximate surface area is 124 Å². The van der Waals surface area contributed by atoms with Crippen LogP contribution in [0.1, 0.15) is 32.8 Å². The van der Waals surface area contributed by atoms with Crippen molar-refractivity contribution in [1.82, 2.24) is 0 Å². The van der Waals surface area contributed by atoms with Gasteiger partial charge >= 0.3 is 0 Å². The first kappa shape index (κ1) is 17.9. The number of hydrogen-bond acceptors (Lipinski definition) is 2. The molecule has 1 aromatic rings. The number of hydrogen-bond donors (Lipinski definition) is 0. The lowest BCUT2D eigenvalue weighted by atomic mass is 10.1. The van der Waals surface area contributed by atoms with Crippen LogP contribution >= 0.6 is 27.5 Å². The summed E-state index contributed by atoms with van der Waals surface area (Å²) in [6.45, 7) is 7.47. The molecule has 18 heavy (non-hydrogen) atoms. The van der Waals surface area contributed by atoms with Gasteiger partial charge in [-0.05, 0) is 24.9 Å². The van der Waals surface area contributed by atoms with Crippen molar-refractivity contribution in [3.63, 3.8) is 0 Å². The minimum Gasteiger partial charge on any atom is -0.344 e. The van der Waals surface area contributed by atoms with Gasteiger partial charge in [-0.2, -0.15) is 0 Å². The quantitative estimate of drug-likeness (QED) is 0.672. The van der Waals surface area contributed by atoms with Crippen LogP contribution in [0.25, 0.3) is 0 Å². The normalized spacial score (nSPS) is 16.1. The lowest BCUT2D eigenvalue weighted by Crippen LogP contribution is -2.21. The Morgan fingerprint density at radius 1 is 1.11 bits per heavy atom. The lowest BCUT2D eigenvalue weighted by molar-refractivity contribution is -0.149. The molecular formula is C14H22BrClO2. The van der Waals surface area contributed by atoms with Crippen molar-refractivity contribution in [3.05, 3.63) is 34.9 Å². The largest absolute Gasteiger partial charge is 0.344 e. The van der Waals surface area contributed by atoms with Crippen molar-refractivity contribution < 1.29 is 9.47 Å². The van der Waals surface area contributed by atoms with Crippen LogP contribution in [-0.4, -0.2) is 19.0 Å². The van der Waals surface area contributed by atoms with Gasteiger partial charge in [-0.25, -0.2) is 0 Å². The lowest BCUT2D eigenvalue weighted by Gasteiger charge is -2.22. The van der Waals surface area contributed by atoms with Gasteiger partial charge in [0.05, 0.1) is 13.2 Å². The predicted molar refractivity (Wildman–Crippen MR) is 81.5 cm³/mol. The smallest absolute Gasteiger partial charge is 0.192 e. The molecule has 0 spiro atoms. The van der Waals surface area contributed by atoms with Crippen molar-refractivity contribution in [2.75, 3.05) is 19.0 Å². The first-order valence-electron chi connectivity index (χ1n) is 6.04. The van der Waals surface area contributed by atoms with Crippen LogP contribution in [0, 0.1) is 0 Å². The molecule has 1 aromatic carbocycles. The zero-order chi connectivity index (χ0) is 14.0. The van der Waals surface area contributed by atoms with E-state index in [2.05, 4.69) is 29.8 Å². The van der Waals surface area contributed by atoms with Gasteiger partial charge in [0.1, 0.15) is 0 Å². The molecule has 1 saturated heterocycles. The molecule has 0 bridgehead atoms. The average Bonchev–Trinajstić information content (AvgIpc) is 2.82.